The number of fused-ring (bicyclic) bond motifs is 1. The van der Waals surface area contributed by atoms with Crippen molar-refractivity contribution in [3.05, 3.63) is 24.3 Å². The molecule has 6 atom stereocenters. The molecule has 0 spiro atoms. The molecule has 3 aromatic rings. The van der Waals surface area contributed by atoms with Crippen molar-refractivity contribution in [2.45, 2.75) is 75.2 Å². The number of nitrogens with zero attached hydrogens (tertiary/aromatic N) is 6. The molecule has 3 aromatic heterocycles. The fourth-order valence-electron chi connectivity index (χ4n) is 4.98. The average Bonchev–Trinajstić information content (AvgIpc) is 3.57. The van der Waals surface area contributed by atoms with Crippen molar-refractivity contribution in [2.24, 2.45) is 0 Å². The Balaban J connectivity index is 1.53. The van der Waals surface area contributed by atoms with Crippen molar-refractivity contribution in [3.8, 4) is 0 Å². The Morgan fingerprint density at radius 2 is 2.03 bits per heavy atom. The van der Waals surface area contributed by atoms with E-state index < -0.39 is 42.5 Å². The summed E-state index contributed by atoms with van der Waals surface area (Å²) in [5.41, 5.74) is 7.23. The summed E-state index contributed by atoms with van der Waals surface area (Å²) in [5.74, 6) is -2.27. The molecule has 3 heterocycles. The van der Waals surface area contributed by atoms with Crippen LogP contribution in [0.4, 0.5) is 24.9 Å². The van der Waals surface area contributed by atoms with E-state index in [0.717, 1.165) is 12.0 Å². The molecule has 12 nitrogen and oxygen atoms in total. The molecule has 36 heavy (non-hydrogen) atoms. The van der Waals surface area contributed by atoms with E-state index in [-0.39, 0.29) is 35.4 Å². The van der Waals surface area contributed by atoms with E-state index in [4.69, 9.17) is 10.5 Å². The predicted molar refractivity (Wildman–Crippen MR) is 119 cm³/mol. The molecule has 5 rings (SSSR count). The maximum Gasteiger partial charge on any atom is 0.490 e. The van der Waals surface area contributed by atoms with Crippen LogP contribution in [-0.2, 0) is 9.53 Å². The van der Waals surface area contributed by atoms with Gasteiger partial charge in [-0.25, -0.2) is 9.78 Å². The van der Waals surface area contributed by atoms with Crippen LogP contribution in [0.1, 0.15) is 43.3 Å². The number of nitrogen functional groups attached to an aromatic ring is 1. The van der Waals surface area contributed by atoms with E-state index in [2.05, 4.69) is 25.4 Å². The molecule has 2 saturated carbocycles. The number of esters is 1. The van der Waals surface area contributed by atoms with Crippen LogP contribution >= 0.6 is 0 Å². The first-order chi connectivity index (χ1) is 17.0. The van der Waals surface area contributed by atoms with Crippen LogP contribution in [0.15, 0.2) is 18.7 Å². The number of rotatable bonds is 5. The highest BCUT2D eigenvalue weighted by Crippen LogP contribution is 2.42. The fourth-order valence-corrected chi connectivity index (χ4v) is 4.98. The van der Waals surface area contributed by atoms with Crippen LogP contribution in [0.5, 0.6) is 0 Å². The number of aliphatic hydroxyl groups excluding tert-OH is 2. The first-order valence-electron chi connectivity index (χ1n) is 11.4. The largest absolute Gasteiger partial charge is 0.490 e. The summed E-state index contributed by atoms with van der Waals surface area (Å²) < 4.78 is 46.8. The SMILES string of the molecule is Cc1cnn([C@H]2C[C@@H](n3cnc4c(N)nc(N[C@@H]5CCC[C@H]5O)nc43)[C@H](OC(=O)C(F)(F)F)[C@@H]2O)c1. The number of carbonyl (C=O) groups excluding carboxylic acids is 1. The van der Waals surface area contributed by atoms with Crippen molar-refractivity contribution < 1.29 is 32.9 Å². The molecule has 0 amide bonds. The molecule has 0 aromatic carbocycles. The van der Waals surface area contributed by atoms with Gasteiger partial charge in [-0.2, -0.15) is 28.2 Å². The molecule has 15 heteroatoms. The lowest BCUT2D eigenvalue weighted by atomic mass is 10.2. The van der Waals surface area contributed by atoms with Crippen LogP contribution < -0.4 is 11.1 Å². The highest BCUT2D eigenvalue weighted by Gasteiger charge is 2.51. The minimum atomic E-state index is -5.24. The monoisotopic (exact) mass is 510 g/mol. The highest BCUT2D eigenvalue weighted by molar-refractivity contribution is 5.83. The molecule has 0 aliphatic heterocycles. The van der Waals surface area contributed by atoms with Crippen molar-refractivity contribution in [3.63, 3.8) is 0 Å². The van der Waals surface area contributed by atoms with Gasteiger partial charge in [0, 0.05) is 6.20 Å². The van der Waals surface area contributed by atoms with Crippen molar-refractivity contribution in [2.75, 3.05) is 11.1 Å². The third-order valence-electron chi connectivity index (χ3n) is 6.74. The lowest BCUT2D eigenvalue weighted by Gasteiger charge is -2.24. The first-order valence-corrected chi connectivity index (χ1v) is 11.4. The molecule has 0 radical (unpaired) electrons. The second-order valence-corrected chi connectivity index (χ2v) is 9.23. The second kappa shape index (κ2) is 8.89. The van der Waals surface area contributed by atoms with Gasteiger partial charge in [-0.3, -0.25) is 4.68 Å². The molecule has 194 valence electrons. The average molecular weight is 510 g/mol. The Morgan fingerprint density at radius 1 is 1.25 bits per heavy atom. The van der Waals surface area contributed by atoms with Crippen LogP contribution in [-0.4, -0.2) is 76.0 Å². The quantitative estimate of drug-likeness (QED) is 0.367. The van der Waals surface area contributed by atoms with Crippen molar-refractivity contribution in [1.82, 2.24) is 29.3 Å². The van der Waals surface area contributed by atoms with Gasteiger partial charge in [0.1, 0.15) is 11.6 Å². The summed E-state index contributed by atoms with van der Waals surface area (Å²) in [6.45, 7) is 1.78. The van der Waals surface area contributed by atoms with E-state index in [0.29, 0.717) is 12.8 Å². The second-order valence-electron chi connectivity index (χ2n) is 9.23. The van der Waals surface area contributed by atoms with Gasteiger partial charge >= 0.3 is 12.1 Å². The van der Waals surface area contributed by atoms with E-state index in [1.807, 2.05) is 0 Å². The number of aryl methyl sites for hydroxylation is 1. The number of halogens is 3. The summed E-state index contributed by atoms with van der Waals surface area (Å²) in [5, 5.41) is 28.3. The first kappa shape index (κ1) is 24.2. The van der Waals surface area contributed by atoms with Gasteiger partial charge in [-0.15, -0.1) is 0 Å². The zero-order valence-electron chi connectivity index (χ0n) is 19.1. The minimum absolute atomic E-state index is 0.0235. The van der Waals surface area contributed by atoms with Crippen LogP contribution in [0.3, 0.4) is 0 Å². The molecule has 2 fully saturated rings. The summed E-state index contributed by atoms with van der Waals surface area (Å²) in [7, 11) is 0. The molecular weight excluding hydrogens is 485 g/mol. The summed E-state index contributed by atoms with van der Waals surface area (Å²) in [6.07, 6.45) is -2.16. The number of carbonyl (C=O) groups is 1. The fraction of sp³-hybridized carbons (Fsp3) is 0.571. The number of nitrogens with one attached hydrogen (secondary N) is 1. The van der Waals surface area contributed by atoms with Gasteiger partial charge in [0.2, 0.25) is 5.95 Å². The molecule has 5 N–H and O–H groups in total. The maximum atomic E-state index is 13.0. The van der Waals surface area contributed by atoms with Gasteiger partial charge in [0.25, 0.3) is 0 Å². The van der Waals surface area contributed by atoms with Gasteiger partial charge in [0.15, 0.2) is 17.6 Å². The molecule has 2 aliphatic carbocycles. The third kappa shape index (κ3) is 4.32. The lowest BCUT2D eigenvalue weighted by molar-refractivity contribution is -0.210. The number of aliphatic hydroxyl groups is 2. The number of hydrogen-bond acceptors (Lipinski definition) is 10. The van der Waals surface area contributed by atoms with Gasteiger partial charge in [-0.1, -0.05) is 0 Å². The zero-order chi connectivity index (χ0) is 25.8. The normalized spacial score (nSPS) is 28.6. The summed E-state index contributed by atoms with van der Waals surface area (Å²) in [4.78, 5) is 24.6. The van der Waals surface area contributed by atoms with E-state index in [9.17, 15) is 28.2 Å². The topological polar surface area (TPSA) is 166 Å². The number of ether oxygens (including phenoxy) is 1. The molecule has 0 bridgehead atoms. The standard InChI is InChI=1S/C21H25F3N8O4/c1-9-6-27-32(7-9)11-5-12(16(15(11)34)36-19(35)21(22,23)24)31-8-26-14-17(25)29-20(30-18(14)31)28-10-3-2-4-13(10)33/h6-8,10-13,15-16,33-34H,2-5H2,1H3,(H3,25,28,29,30)/t10-,11+,12-,13-,15-,16+/m1/s1. The highest BCUT2D eigenvalue weighted by atomic mass is 19.4. The zero-order valence-corrected chi connectivity index (χ0v) is 19.1. The van der Waals surface area contributed by atoms with Crippen LogP contribution in [0.2, 0.25) is 0 Å². The van der Waals surface area contributed by atoms with Gasteiger partial charge < -0.3 is 30.6 Å². The Hall–Kier alpha value is -3.46. The van der Waals surface area contributed by atoms with Crippen LogP contribution in [0, 0.1) is 6.92 Å². The molecule has 2 aliphatic rings. The maximum absolute atomic E-state index is 13.0. The Morgan fingerprint density at radius 3 is 2.67 bits per heavy atom. The number of nitrogens with two attached hydrogens (primary N) is 1. The number of alkyl halides is 3. The lowest BCUT2D eigenvalue weighted by Crippen LogP contribution is -2.39. The van der Waals surface area contributed by atoms with Gasteiger partial charge in [0.05, 0.1) is 36.8 Å². The molecular formula is C21H25F3N8O4. The van der Waals surface area contributed by atoms with E-state index in [1.165, 1.54) is 15.6 Å². The molecule has 0 unspecified atom stereocenters. The Labute approximate surface area is 202 Å². The number of anilines is 2. The van der Waals surface area contributed by atoms with E-state index >= 15 is 0 Å². The van der Waals surface area contributed by atoms with Crippen molar-refractivity contribution >= 4 is 28.9 Å². The van der Waals surface area contributed by atoms with Crippen LogP contribution in [0.25, 0.3) is 11.2 Å². The Bertz CT molecular complexity index is 1280. The van der Waals surface area contributed by atoms with Crippen molar-refractivity contribution in [1.29, 1.82) is 0 Å². The molecule has 0 saturated heterocycles. The summed E-state index contributed by atoms with van der Waals surface area (Å²) >= 11 is 0. The third-order valence-corrected chi connectivity index (χ3v) is 6.74. The minimum Gasteiger partial charge on any atom is -0.451 e. The smallest absolute Gasteiger partial charge is 0.451 e. The Kier molecular flexibility index (Phi) is 5.98. The number of aromatic nitrogens is 6. The van der Waals surface area contributed by atoms with Gasteiger partial charge in [-0.05, 0) is 38.2 Å². The predicted octanol–water partition coefficient (Wildman–Crippen LogP) is 1.26. The number of imidazole rings is 1. The summed E-state index contributed by atoms with van der Waals surface area (Å²) in [6, 6.07) is -2.03. The van der Waals surface area contributed by atoms with E-state index in [1.54, 1.807) is 19.3 Å². The number of hydrogen-bond donors (Lipinski definition) is 4.